The van der Waals surface area contributed by atoms with Gasteiger partial charge in [-0.3, -0.25) is 4.79 Å². The second-order valence-electron chi connectivity index (χ2n) is 5.69. The molecule has 8 heteroatoms. The van der Waals surface area contributed by atoms with Crippen molar-refractivity contribution in [3.63, 3.8) is 0 Å². The summed E-state index contributed by atoms with van der Waals surface area (Å²) in [7, 11) is 0. The van der Waals surface area contributed by atoms with Crippen molar-refractivity contribution in [2.24, 2.45) is 0 Å². The van der Waals surface area contributed by atoms with Gasteiger partial charge in [-0.15, -0.1) is 0 Å². The molecule has 0 aromatic heterocycles. The Bertz CT molecular complexity index is 552. The van der Waals surface area contributed by atoms with Crippen LogP contribution >= 0.6 is 0 Å². The number of ether oxygens (including phenoxy) is 5. The number of hydrogen-bond donors (Lipinski definition) is 2. The highest BCUT2D eigenvalue weighted by Crippen LogP contribution is 2.30. The number of amides is 1. The van der Waals surface area contributed by atoms with E-state index in [0.717, 1.165) is 0 Å². The SMILES string of the molecule is CC(=O)NC[C@@H](O)c1ccc2c(c1)OCCOCCOCCOCCO2. The number of benzene rings is 1. The molecule has 0 saturated heterocycles. The molecule has 0 unspecified atom stereocenters. The molecule has 0 saturated carbocycles. The molecule has 0 radical (unpaired) electrons. The monoisotopic (exact) mass is 369 g/mol. The van der Waals surface area contributed by atoms with Gasteiger partial charge in [-0.2, -0.15) is 0 Å². The van der Waals surface area contributed by atoms with E-state index in [1.165, 1.54) is 6.92 Å². The Balaban J connectivity index is 2.02. The highest BCUT2D eigenvalue weighted by atomic mass is 16.6. The molecule has 146 valence electrons. The van der Waals surface area contributed by atoms with Crippen molar-refractivity contribution in [3.05, 3.63) is 23.8 Å². The molecule has 0 bridgehead atoms. The molecule has 1 aliphatic heterocycles. The minimum atomic E-state index is -0.832. The molecule has 8 nitrogen and oxygen atoms in total. The largest absolute Gasteiger partial charge is 0.487 e. The first-order valence-electron chi connectivity index (χ1n) is 8.72. The van der Waals surface area contributed by atoms with Gasteiger partial charge in [0.15, 0.2) is 11.5 Å². The van der Waals surface area contributed by atoms with Crippen molar-refractivity contribution in [1.29, 1.82) is 0 Å². The van der Waals surface area contributed by atoms with E-state index in [0.29, 0.717) is 69.9 Å². The van der Waals surface area contributed by atoms with Gasteiger partial charge in [0.05, 0.1) is 45.7 Å². The molecule has 1 amide bonds. The van der Waals surface area contributed by atoms with Crippen molar-refractivity contribution in [3.8, 4) is 11.5 Å². The maximum absolute atomic E-state index is 11.0. The first-order chi connectivity index (χ1) is 12.7. The van der Waals surface area contributed by atoms with E-state index in [1.807, 2.05) is 0 Å². The highest BCUT2D eigenvalue weighted by molar-refractivity contribution is 5.72. The summed E-state index contributed by atoms with van der Waals surface area (Å²) in [5.74, 6) is 0.883. The topological polar surface area (TPSA) is 95.5 Å². The zero-order valence-corrected chi connectivity index (χ0v) is 15.1. The lowest BCUT2D eigenvalue weighted by Crippen LogP contribution is -2.25. The number of fused-ring (bicyclic) bond motifs is 1. The molecular formula is C18H27NO7. The van der Waals surface area contributed by atoms with Gasteiger partial charge < -0.3 is 34.1 Å². The van der Waals surface area contributed by atoms with Crippen LogP contribution < -0.4 is 14.8 Å². The van der Waals surface area contributed by atoms with Gasteiger partial charge in [-0.05, 0) is 17.7 Å². The Morgan fingerprint density at radius 2 is 1.50 bits per heavy atom. The van der Waals surface area contributed by atoms with E-state index in [4.69, 9.17) is 23.7 Å². The van der Waals surface area contributed by atoms with E-state index < -0.39 is 6.10 Å². The Kier molecular flexibility index (Phi) is 9.19. The third-order valence-electron chi connectivity index (χ3n) is 3.61. The van der Waals surface area contributed by atoms with Crippen LogP contribution in [0.5, 0.6) is 11.5 Å². The van der Waals surface area contributed by atoms with Crippen molar-refractivity contribution >= 4 is 5.91 Å². The van der Waals surface area contributed by atoms with Crippen LogP contribution in [0.1, 0.15) is 18.6 Å². The zero-order chi connectivity index (χ0) is 18.6. The van der Waals surface area contributed by atoms with Crippen molar-refractivity contribution < 1.29 is 33.6 Å². The maximum atomic E-state index is 11.0. The number of nitrogens with one attached hydrogen (secondary N) is 1. The van der Waals surface area contributed by atoms with Gasteiger partial charge >= 0.3 is 0 Å². The maximum Gasteiger partial charge on any atom is 0.216 e. The molecule has 1 atom stereocenters. The van der Waals surface area contributed by atoms with Crippen LogP contribution in [0.2, 0.25) is 0 Å². The molecule has 1 aromatic carbocycles. The molecule has 26 heavy (non-hydrogen) atoms. The van der Waals surface area contributed by atoms with E-state index in [1.54, 1.807) is 18.2 Å². The molecule has 0 fully saturated rings. The number of aliphatic hydroxyl groups excluding tert-OH is 1. The molecule has 1 aliphatic rings. The fraction of sp³-hybridized carbons (Fsp3) is 0.611. The summed E-state index contributed by atoms with van der Waals surface area (Å²) in [6, 6.07) is 5.20. The lowest BCUT2D eigenvalue weighted by molar-refractivity contribution is -0.119. The van der Waals surface area contributed by atoms with Gasteiger partial charge in [-0.25, -0.2) is 0 Å². The molecule has 0 spiro atoms. The Labute approximate surface area is 153 Å². The van der Waals surface area contributed by atoms with Gasteiger partial charge in [0.2, 0.25) is 5.91 Å². The lowest BCUT2D eigenvalue weighted by Gasteiger charge is -2.17. The summed E-state index contributed by atoms with van der Waals surface area (Å²) in [6.45, 7) is 5.13. The molecule has 1 aromatic rings. The first kappa shape index (κ1) is 20.4. The van der Waals surface area contributed by atoms with Gasteiger partial charge in [0.25, 0.3) is 0 Å². The summed E-state index contributed by atoms with van der Waals surface area (Å²) in [6.07, 6.45) is -0.832. The van der Waals surface area contributed by atoms with Crippen LogP contribution in [0.25, 0.3) is 0 Å². The molecule has 2 N–H and O–H groups in total. The van der Waals surface area contributed by atoms with Crippen molar-refractivity contribution in [2.75, 3.05) is 59.4 Å². The smallest absolute Gasteiger partial charge is 0.216 e. The van der Waals surface area contributed by atoms with Gasteiger partial charge in [-0.1, -0.05) is 6.07 Å². The summed E-state index contributed by atoms with van der Waals surface area (Å²) in [5, 5.41) is 12.8. The second-order valence-corrected chi connectivity index (χ2v) is 5.69. The van der Waals surface area contributed by atoms with Crippen LogP contribution in [0, 0.1) is 0 Å². The predicted molar refractivity (Wildman–Crippen MR) is 93.5 cm³/mol. The first-order valence-corrected chi connectivity index (χ1v) is 8.72. The van der Waals surface area contributed by atoms with E-state index in [9.17, 15) is 9.90 Å². The summed E-state index contributed by atoms with van der Waals surface area (Å²) >= 11 is 0. The Morgan fingerprint density at radius 3 is 2.08 bits per heavy atom. The Morgan fingerprint density at radius 1 is 0.962 bits per heavy atom. The van der Waals surface area contributed by atoms with Gasteiger partial charge in [0.1, 0.15) is 13.2 Å². The predicted octanol–water partition coefficient (Wildman–Crippen LogP) is 0.677. The number of hydrogen-bond acceptors (Lipinski definition) is 7. The Hall–Kier alpha value is -1.87. The fourth-order valence-corrected chi connectivity index (χ4v) is 2.29. The van der Waals surface area contributed by atoms with Crippen LogP contribution in [0.15, 0.2) is 18.2 Å². The van der Waals surface area contributed by atoms with E-state index >= 15 is 0 Å². The van der Waals surface area contributed by atoms with Crippen LogP contribution in [0.4, 0.5) is 0 Å². The number of rotatable bonds is 3. The third kappa shape index (κ3) is 7.57. The standard InChI is InChI=1S/C18H27NO7/c1-14(20)19-13-16(21)15-2-3-17-18(12-15)26-11-9-24-7-5-22-4-6-23-8-10-25-17/h2-3,12,16,21H,4-11,13H2,1H3,(H,19,20)/t16-/m1/s1. The summed E-state index contributed by atoms with van der Waals surface area (Å²) in [5.41, 5.74) is 0.629. The summed E-state index contributed by atoms with van der Waals surface area (Å²) < 4.78 is 27.7. The minimum absolute atomic E-state index is 0.131. The van der Waals surface area contributed by atoms with Gasteiger partial charge in [0, 0.05) is 13.5 Å². The second kappa shape index (κ2) is 11.7. The average molecular weight is 369 g/mol. The van der Waals surface area contributed by atoms with E-state index in [2.05, 4.69) is 5.32 Å². The molecule has 0 aliphatic carbocycles. The van der Waals surface area contributed by atoms with E-state index in [-0.39, 0.29) is 12.5 Å². The zero-order valence-electron chi connectivity index (χ0n) is 15.1. The lowest BCUT2D eigenvalue weighted by atomic mass is 10.1. The normalized spacial score (nSPS) is 18.2. The fourth-order valence-electron chi connectivity index (χ4n) is 2.29. The van der Waals surface area contributed by atoms with Crippen LogP contribution in [-0.4, -0.2) is 70.4 Å². The quantitative estimate of drug-likeness (QED) is 0.809. The molecular weight excluding hydrogens is 342 g/mol. The van der Waals surface area contributed by atoms with Crippen LogP contribution in [-0.2, 0) is 19.0 Å². The molecule has 1 heterocycles. The van der Waals surface area contributed by atoms with Crippen molar-refractivity contribution in [2.45, 2.75) is 13.0 Å². The molecule has 2 rings (SSSR count). The third-order valence-corrected chi connectivity index (χ3v) is 3.61. The highest BCUT2D eigenvalue weighted by Gasteiger charge is 2.13. The van der Waals surface area contributed by atoms with Crippen LogP contribution in [0.3, 0.4) is 0 Å². The van der Waals surface area contributed by atoms with Crippen molar-refractivity contribution in [1.82, 2.24) is 5.32 Å². The average Bonchev–Trinajstić information content (AvgIpc) is 2.64. The minimum Gasteiger partial charge on any atom is -0.487 e. The summed E-state index contributed by atoms with van der Waals surface area (Å²) in [4.78, 5) is 11.0. The number of carbonyl (C=O) groups is 1. The number of carbonyl (C=O) groups excluding carboxylic acids is 1. The number of aliphatic hydroxyl groups is 1.